The molecule has 1 rings (SSSR count). The van der Waals surface area contributed by atoms with Crippen LogP contribution in [-0.2, 0) is 0 Å². The van der Waals surface area contributed by atoms with Crippen LogP contribution < -0.4 is 0 Å². The molecule has 1 unspecified atom stereocenters. The first-order valence-corrected chi connectivity index (χ1v) is 5.44. The molecule has 1 heteroatoms. The molecule has 0 heterocycles. The van der Waals surface area contributed by atoms with E-state index in [1.54, 1.807) is 0 Å². The minimum atomic E-state index is 0.312. The largest absolute Gasteiger partial charge is 0.106 e. The van der Waals surface area contributed by atoms with E-state index in [-0.39, 0.29) is 0 Å². The smallest absolute Gasteiger partial charge is 0.00316 e. The number of rotatable bonds is 1. The highest BCUT2D eigenvalue weighted by Crippen LogP contribution is 2.38. The molecule has 0 bridgehead atoms. The van der Waals surface area contributed by atoms with Crippen molar-refractivity contribution in [3.63, 3.8) is 0 Å². The van der Waals surface area contributed by atoms with Crippen LogP contribution in [0.15, 0.2) is 12.2 Å². The van der Waals surface area contributed by atoms with Crippen molar-refractivity contribution in [1.29, 1.82) is 0 Å². The molecular weight excluding hydrogens is 115 g/mol. The van der Waals surface area contributed by atoms with Gasteiger partial charge in [-0.15, -0.1) is 7.92 Å². The molecular formula is C7H13P. The average Bonchev–Trinajstić information content (AvgIpc) is 2.12. The molecule has 0 aliphatic heterocycles. The molecule has 1 atom stereocenters. The van der Waals surface area contributed by atoms with Crippen LogP contribution in [0, 0.1) is 0 Å². The highest BCUT2D eigenvalue weighted by molar-refractivity contribution is 7.57. The summed E-state index contributed by atoms with van der Waals surface area (Å²) >= 11 is 0. The fourth-order valence-corrected chi connectivity index (χ4v) is 2.18. The van der Waals surface area contributed by atoms with E-state index in [9.17, 15) is 0 Å². The van der Waals surface area contributed by atoms with E-state index < -0.39 is 0 Å². The topological polar surface area (TPSA) is 0 Å². The summed E-state index contributed by atoms with van der Waals surface area (Å²) in [5.74, 6) is 0. The second-order valence-electron chi connectivity index (χ2n) is 2.54. The van der Waals surface area contributed by atoms with E-state index in [2.05, 4.69) is 25.5 Å². The molecule has 0 saturated heterocycles. The van der Waals surface area contributed by atoms with E-state index >= 15 is 0 Å². The third-order valence-electron chi connectivity index (χ3n) is 1.65. The van der Waals surface area contributed by atoms with Gasteiger partial charge in [0.2, 0.25) is 0 Å². The van der Waals surface area contributed by atoms with Gasteiger partial charge in [0.25, 0.3) is 0 Å². The minimum Gasteiger partial charge on any atom is -0.106 e. The van der Waals surface area contributed by atoms with Gasteiger partial charge in [0.05, 0.1) is 0 Å². The molecule has 8 heavy (non-hydrogen) atoms. The number of hydrogen-bond donors (Lipinski definition) is 0. The van der Waals surface area contributed by atoms with Crippen LogP contribution in [0.4, 0.5) is 0 Å². The van der Waals surface area contributed by atoms with Gasteiger partial charge in [-0.25, -0.2) is 0 Å². The first-order valence-electron chi connectivity index (χ1n) is 3.14. The Kier molecular flexibility index (Phi) is 2.08. The lowest BCUT2D eigenvalue weighted by atomic mass is 10.4. The van der Waals surface area contributed by atoms with Crippen molar-refractivity contribution < 1.29 is 0 Å². The molecule has 0 saturated carbocycles. The third kappa shape index (κ3) is 1.32. The molecule has 0 aromatic rings. The monoisotopic (exact) mass is 128 g/mol. The number of hydrogen-bond acceptors (Lipinski definition) is 0. The Morgan fingerprint density at radius 3 is 2.50 bits per heavy atom. The summed E-state index contributed by atoms with van der Waals surface area (Å²) in [4.78, 5) is 0. The van der Waals surface area contributed by atoms with Gasteiger partial charge in [0.15, 0.2) is 0 Å². The SMILES string of the molecule is CP(C)C1C=CCC1. The summed E-state index contributed by atoms with van der Waals surface area (Å²) in [7, 11) is 0.312. The average molecular weight is 128 g/mol. The third-order valence-corrected chi connectivity index (χ3v) is 3.41. The van der Waals surface area contributed by atoms with Gasteiger partial charge in [-0.3, -0.25) is 0 Å². The zero-order valence-electron chi connectivity index (χ0n) is 5.59. The molecule has 0 nitrogen and oxygen atoms in total. The van der Waals surface area contributed by atoms with E-state index in [1.165, 1.54) is 12.8 Å². The van der Waals surface area contributed by atoms with Crippen LogP contribution in [0.3, 0.4) is 0 Å². The van der Waals surface area contributed by atoms with Crippen LogP contribution in [0.1, 0.15) is 12.8 Å². The lowest BCUT2D eigenvalue weighted by molar-refractivity contribution is 0.936. The van der Waals surface area contributed by atoms with Crippen molar-refractivity contribution in [1.82, 2.24) is 0 Å². The molecule has 1 aliphatic carbocycles. The zero-order chi connectivity index (χ0) is 5.98. The van der Waals surface area contributed by atoms with Crippen molar-refractivity contribution in [2.75, 3.05) is 13.3 Å². The maximum atomic E-state index is 2.38. The predicted octanol–water partition coefficient (Wildman–Crippen LogP) is 2.45. The van der Waals surface area contributed by atoms with Gasteiger partial charge in [-0.05, 0) is 31.8 Å². The molecule has 0 fully saturated rings. The van der Waals surface area contributed by atoms with E-state index in [0.717, 1.165) is 5.66 Å². The van der Waals surface area contributed by atoms with Crippen molar-refractivity contribution in [2.45, 2.75) is 18.5 Å². The zero-order valence-corrected chi connectivity index (χ0v) is 6.49. The molecule has 46 valence electrons. The summed E-state index contributed by atoms with van der Waals surface area (Å²) in [6.07, 6.45) is 7.43. The normalized spacial score (nSPS) is 27.6. The van der Waals surface area contributed by atoms with Crippen molar-refractivity contribution >= 4 is 7.92 Å². The summed E-state index contributed by atoms with van der Waals surface area (Å²) in [5, 5.41) is 0. The molecule has 0 amide bonds. The highest BCUT2D eigenvalue weighted by atomic mass is 31.1. The van der Waals surface area contributed by atoms with Gasteiger partial charge in [0.1, 0.15) is 0 Å². The van der Waals surface area contributed by atoms with Crippen LogP contribution >= 0.6 is 7.92 Å². The molecule has 1 aliphatic rings. The van der Waals surface area contributed by atoms with Gasteiger partial charge in [0, 0.05) is 0 Å². The number of allylic oxidation sites excluding steroid dienone is 2. The maximum absolute atomic E-state index is 2.38. The quantitative estimate of drug-likeness (QED) is 0.376. The van der Waals surface area contributed by atoms with E-state index in [1.807, 2.05) is 0 Å². The second kappa shape index (κ2) is 2.64. The summed E-state index contributed by atoms with van der Waals surface area (Å²) < 4.78 is 0. The Bertz CT molecular complexity index is 94.6. The summed E-state index contributed by atoms with van der Waals surface area (Å²) in [6.45, 7) is 4.71. The Morgan fingerprint density at radius 1 is 1.50 bits per heavy atom. The molecule has 0 aromatic carbocycles. The van der Waals surface area contributed by atoms with Gasteiger partial charge in [-0.2, -0.15) is 0 Å². The fourth-order valence-electron chi connectivity index (χ4n) is 1.05. The van der Waals surface area contributed by atoms with Crippen LogP contribution in [-0.4, -0.2) is 19.0 Å². The highest BCUT2D eigenvalue weighted by Gasteiger charge is 2.11. The summed E-state index contributed by atoms with van der Waals surface area (Å²) in [5.41, 5.74) is 0.949. The molecule has 0 spiro atoms. The van der Waals surface area contributed by atoms with Crippen LogP contribution in [0.25, 0.3) is 0 Å². The predicted molar refractivity (Wildman–Crippen MR) is 40.9 cm³/mol. The fraction of sp³-hybridized carbons (Fsp3) is 0.714. The molecule has 0 radical (unpaired) electrons. The van der Waals surface area contributed by atoms with Gasteiger partial charge in [-0.1, -0.05) is 12.2 Å². The van der Waals surface area contributed by atoms with Gasteiger partial charge < -0.3 is 0 Å². The Morgan fingerprint density at radius 2 is 2.25 bits per heavy atom. The van der Waals surface area contributed by atoms with Crippen LogP contribution in [0.5, 0.6) is 0 Å². The molecule has 0 N–H and O–H groups in total. The van der Waals surface area contributed by atoms with E-state index in [4.69, 9.17) is 0 Å². The Hall–Kier alpha value is 0.170. The first-order chi connectivity index (χ1) is 3.80. The minimum absolute atomic E-state index is 0.312. The molecule has 0 aromatic heterocycles. The van der Waals surface area contributed by atoms with Crippen molar-refractivity contribution in [3.05, 3.63) is 12.2 Å². The van der Waals surface area contributed by atoms with Crippen LogP contribution in [0.2, 0.25) is 0 Å². The maximum Gasteiger partial charge on any atom is -0.00316 e. The van der Waals surface area contributed by atoms with Gasteiger partial charge >= 0.3 is 0 Å². The van der Waals surface area contributed by atoms with E-state index in [0.29, 0.717) is 7.92 Å². The van der Waals surface area contributed by atoms with Crippen molar-refractivity contribution in [2.24, 2.45) is 0 Å². The Balaban J connectivity index is 2.36. The summed E-state index contributed by atoms with van der Waals surface area (Å²) in [6, 6.07) is 0. The standard InChI is InChI=1S/C7H13P/c1-8(2)7-5-3-4-6-7/h3,5,7H,4,6H2,1-2H3. The first kappa shape index (κ1) is 6.29. The second-order valence-corrected chi connectivity index (χ2v) is 5.13. The lowest BCUT2D eigenvalue weighted by Crippen LogP contribution is -1.93. The Labute approximate surface area is 52.7 Å². The van der Waals surface area contributed by atoms with Crippen molar-refractivity contribution in [3.8, 4) is 0 Å². The lowest BCUT2D eigenvalue weighted by Gasteiger charge is -2.10.